The second kappa shape index (κ2) is 6.25. The predicted molar refractivity (Wildman–Crippen MR) is 81.8 cm³/mol. The molecule has 0 amide bonds. The third-order valence-electron chi connectivity index (χ3n) is 3.00. The van der Waals surface area contributed by atoms with Crippen LogP contribution in [-0.2, 0) is 6.54 Å². The summed E-state index contributed by atoms with van der Waals surface area (Å²) in [6, 6.07) is 5.52. The van der Waals surface area contributed by atoms with E-state index >= 15 is 0 Å². The average molecular weight is 299 g/mol. The van der Waals surface area contributed by atoms with Crippen LogP contribution in [0.3, 0.4) is 0 Å². The van der Waals surface area contributed by atoms with Crippen LogP contribution in [0.25, 0.3) is 0 Å². The Balaban J connectivity index is 1.62. The molecule has 0 saturated carbocycles. The van der Waals surface area contributed by atoms with Gasteiger partial charge in [0.1, 0.15) is 5.82 Å². The molecule has 8 nitrogen and oxygen atoms in total. The number of H-pyrrole nitrogens is 1. The number of aromatic nitrogens is 5. The fourth-order valence-corrected chi connectivity index (χ4v) is 1.83. The number of hydrogen-bond acceptors (Lipinski definition) is 7. The van der Waals surface area contributed by atoms with Gasteiger partial charge < -0.3 is 15.2 Å². The molecule has 22 heavy (non-hydrogen) atoms. The highest BCUT2D eigenvalue weighted by Crippen LogP contribution is 2.15. The lowest BCUT2D eigenvalue weighted by atomic mass is 10.1. The molecule has 0 atom stereocenters. The highest BCUT2D eigenvalue weighted by molar-refractivity contribution is 5.51. The largest absolute Gasteiger partial charge is 0.359 e. The van der Waals surface area contributed by atoms with Gasteiger partial charge in [-0.1, -0.05) is 19.0 Å². The molecule has 3 heterocycles. The third-order valence-corrected chi connectivity index (χ3v) is 3.00. The van der Waals surface area contributed by atoms with Crippen LogP contribution >= 0.6 is 0 Å². The second-order valence-corrected chi connectivity index (χ2v) is 5.08. The molecule has 3 aromatic rings. The zero-order valence-corrected chi connectivity index (χ0v) is 12.4. The predicted octanol–water partition coefficient (Wildman–Crippen LogP) is 2.67. The van der Waals surface area contributed by atoms with Crippen molar-refractivity contribution in [3.05, 3.63) is 42.0 Å². The summed E-state index contributed by atoms with van der Waals surface area (Å²) in [7, 11) is 0. The van der Waals surface area contributed by atoms with E-state index in [0.717, 1.165) is 11.5 Å². The molecule has 0 spiro atoms. The molecule has 8 heteroatoms. The molecule has 0 aliphatic carbocycles. The maximum absolute atomic E-state index is 5.27. The Labute approximate surface area is 127 Å². The first-order chi connectivity index (χ1) is 10.7. The van der Waals surface area contributed by atoms with Gasteiger partial charge in [-0.25, -0.2) is 4.98 Å². The summed E-state index contributed by atoms with van der Waals surface area (Å²) in [4.78, 5) is 8.53. The van der Waals surface area contributed by atoms with Crippen molar-refractivity contribution in [3.63, 3.8) is 0 Å². The summed E-state index contributed by atoms with van der Waals surface area (Å²) >= 11 is 0. The molecule has 0 aliphatic rings. The van der Waals surface area contributed by atoms with Crippen molar-refractivity contribution in [1.82, 2.24) is 25.3 Å². The van der Waals surface area contributed by atoms with Crippen molar-refractivity contribution in [3.8, 4) is 0 Å². The van der Waals surface area contributed by atoms with E-state index in [0.29, 0.717) is 30.0 Å². The summed E-state index contributed by atoms with van der Waals surface area (Å²) in [6.45, 7) is 4.62. The van der Waals surface area contributed by atoms with Crippen molar-refractivity contribution in [2.75, 3.05) is 10.6 Å². The first-order valence-corrected chi connectivity index (χ1v) is 7.00. The summed E-state index contributed by atoms with van der Waals surface area (Å²) in [6.07, 6.45) is 3.41. The number of nitrogens with zero attached hydrogens (tertiary/aromatic N) is 4. The van der Waals surface area contributed by atoms with Crippen molar-refractivity contribution in [2.24, 2.45) is 0 Å². The molecular formula is C14H17N7O. The Hall–Kier alpha value is -2.90. The van der Waals surface area contributed by atoms with Gasteiger partial charge in [0.15, 0.2) is 11.6 Å². The Morgan fingerprint density at radius 2 is 2.18 bits per heavy atom. The number of anilines is 3. The molecule has 114 valence electrons. The maximum Gasteiger partial charge on any atom is 0.224 e. The lowest BCUT2D eigenvalue weighted by Crippen LogP contribution is -2.04. The van der Waals surface area contributed by atoms with Crippen LogP contribution in [0.15, 0.2) is 35.1 Å². The summed E-state index contributed by atoms with van der Waals surface area (Å²) < 4.78 is 5.27. The lowest BCUT2D eigenvalue weighted by Gasteiger charge is -2.05. The Morgan fingerprint density at radius 1 is 1.27 bits per heavy atom. The molecular weight excluding hydrogens is 282 g/mol. The minimum atomic E-state index is 0.343. The topological polar surface area (TPSA) is 105 Å². The van der Waals surface area contributed by atoms with E-state index in [2.05, 4.69) is 49.8 Å². The molecule has 0 radical (unpaired) electrons. The molecule has 0 aromatic carbocycles. The molecule has 0 saturated heterocycles. The molecule has 0 bridgehead atoms. The number of nitrogens with one attached hydrogen (secondary N) is 3. The fraction of sp³-hybridized carbons (Fsp3) is 0.286. The van der Waals surface area contributed by atoms with Gasteiger partial charge in [0.2, 0.25) is 5.95 Å². The van der Waals surface area contributed by atoms with E-state index < -0.39 is 0 Å². The fourth-order valence-electron chi connectivity index (χ4n) is 1.83. The van der Waals surface area contributed by atoms with E-state index in [9.17, 15) is 0 Å². The number of aromatic amines is 1. The van der Waals surface area contributed by atoms with Gasteiger partial charge in [0, 0.05) is 24.5 Å². The number of hydrogen-bond donors (Lipinski definition) is 3. The maximum atomic E-state index is 5.27. The monoisotopic (exact) mass is 299 g/mol. The molecule has 0 fully saturated rings. The van der Waals surface area contributed by atoms with Gasteiger partial charge in [-0.2, -0.15) is 10.1 Å². The van der Waals surface area contributed by atoms with Crippen LogP contribution in [0.4, 0.5) is 17.6 Å². The van der Waals surface area contributed by atoms with E-state index in [1.165, 1.54) is 0 Å². The minimum Gasteiger partial charge on any atom is -0.359 e. The zero-order valence-electron chi connectivity index (χ0n) is 12.4. The van der Waals surface area contributed by atoms with E-state index in [1.54, 1.807) is 18.5 Å². The summed E-state index contributed by atoms with van der Waals surface area (Å²) in [5.41, 5.74) is 0.937. The van der Waals surface area contributed by atoms with E-state index in [1.807, 2.05) is 12.1 Å². The first-order valence-electron chi connectivity index (χ1n) is 7.00. The van der Waals surface area contributed by atoms with Gasteiger partial charge in [0.05, 0.1) is 12.2 Å². The number of rotatable bonds is 6. The van der Waals surface area contributed by atoms with Crippen LogP contribution < -0.4 is 10.6 Å². The Bertz CT molecular complexity index is 720. The normalized spacial score (nSPS) is 10.9. The van der Waals surface area contributed by atoms with Crippen LogP contribution in [-0.4, -0.2) is 25.3 Å². The van der Waals surface area contributed by atoms with E-state index in [-0.39, 0.29) is 0 Å². The average Bonchev–Trinajstić information content (AvgIpc) is 3.17. The van der Waals surface area contributed by atoms with Gasteiger partial charge in [-0.05, 0) is 12.0 Å². The van der Waals surface area contributed by atoms with Crippen LogP contribution in [0, 0.1) is 0 Å². The van der Waals surface area contributed by atoms with Crippen molar-refractivity contribution < 1.29 is 4.52 Å². The van der Waals surface area contributed by atoms with Gasteiger partial charge in [-0.3, -0.25) is 5.10 Å². The zero-order chi connectivity index (χ0) is 15.4. The first kappa shape index (κ1) is 14.1. The second-order valence-electron chi connectivity index (χ2n) is 5.08. The smallest absolute Gasteiger partial charge is 0.224 e. The van der Waals surface area contributed by atoms with Crippen molar-refractivity contribution >= 4 is 17.6 Å². The third kappa shape index (κ3) is 3.40. The highest BCUT2D eigenvalue weighted by atomic mass is 16.5. The minimum absolute atomic E-state index is 0.343. The summed E-state index contributed by atoms with van der Waals surface area (Å²) in [5, 5.41) is 16.9. The molecule has 3 N–H and O–H groups in total. The van der Waals surface area contributed by atoms with Crippen LogP contribution in [0.5, 0.6) is 0 Å². The summed E-state index contributed by atoms with van der Waals surface area (Å²) in [5.74, 6) is 2.95. The van der Waals surface area contributed by atoms with Gasteiger partial charge in [0.25, 0.3) is 0 Å². The van der Waals surface area contributed by atoms with Gasteiger partial charge in [-0.15, -0.1) is 0 Å². The Morgan fingerprint density at radius 3 is 2.91 bits per heavy atom. The van der Waals surface area contributed by atoms with E-state index in [4.69, 9.17) is 4.52 Å². The Kier molecular flexibility index (Phi) is 3.99. The standard InChI is InChI=1S/C14H17N7O/c1-9(2)11-7-10(22-21-11)8-16-14-15-5-3-12(19-14)18-13-4-6-17-20-13/h3-7,9H,8H2,1-2H3,(H3,15,16,17,18,19,20). The van der Waals surface area contributed by atoms with Crippen LogP contribution in [0.2, 0.25) is 0 Å². The molecule has 0 unspecified atom stereocenters. The lowest BCUT2D eigenvalue weighted by molar-refractivity contribution is 0.379. The van der Waals surface area contributed by atoms with Crippen LogP contribution in [0.1, 0.15) is 31.2 Å². The molecule has 0 aliphatic heterocycles. The molecule has 3 rings (SSSR count). The van der Waals surface area contributed by atoms with Crippen molar-refractivity contribution in [2.45, 2.75) is 26.3 Å². The SMILES string of the molecule is CC(C)c1cc(CNc2nccc(Nc3cc[nH]n3)n2)on1. The molecule has 3 aromatic heterocycles. The van der Waals surface area contributed by atoms with Gasteiger partial charge >= 0.3 is 0 Å². The highest BCUT2D eigenvalue weighted by Gasteiger charge is 2.08. The quantitative estimate of drug-likeness (QED) is 0.642. The van der Waals surface area contributed by atoms with Crippen molar-refractivity contribution in [1.29, 1.82) is 0 Å².